The number of nitrogens with two attached hydrogens (primary N) is 1. The molecule has 1 rings (SSSR count). The van der Waals surface area contributed by atoms with Crippen molar-refractivity contribution < 1.29 is 17.5 Å². The van der Waals surface area contributed by atoms with E-state index in [0.29, 0.717) is 6.61 Å². The number of ether oxygens (including phenoxy) is 1. The number of nitrogen functional groups attached to an aromatic ring is 1. The Morgan fingerprint density at radius 2 is 2.05 bits per heavy atom. The summed E-state index contributed by atoms with van der Waals surface area (Å²) >= 11 is 5.69. The summed E-state index contributed by atoms with van der Waals surface area (Å²) in [6.07, 6.45) is 0. The number of nitrogens with one attached hydrogen (secondary N) is 1. The van der Waals surface area contributed by atoms with Gasteiger partial charge >= 0.3 is 0 Å². The first kappa shape index (κ1) is 18.1. The first-order valence-electron chi connectivity index (χ1n) is 6.20. The van der Waals surface area contributed by atoms with Crippen molar-refractivity contribution in [3.63, 3.8) is 0 Å². The Morgan fingerprint density at radius 1 is 1.38 bits per heavy atom. The van der Waals surface area contributed by atoms with Crippen LogP contribution in [0.25, 0.3) is 0 Å². The standard InChI is InChI=1S/C12H19ClFN3O3S/c1-17(2)4-6-20-5-3-16-21(18,19)11-8-9(13)7-10(15)12(11)14/h7-8,16H,3-6,15H2,1-2H3. The van der Waals surface area contributed by atoms with Crippen LogP contribution in [0.1, 0.15) is 0 Å². The third-order valence-electron chi connectivity index (χ3n) is 2.54. The number of hydrogen-bond donors (Lipinski definition) is 2. The van der Waals surface area contributed by atoms with Gasteiger partial charge in [0, 0.05) is 18.1 Å². The van der Waals surface area contributed by atoms with Crippen LogP contribution in [0.2, 0.25) is 5.02 Å². The summed E-state index contributed by atoms with van der Waals surface area (Å²) in [5.74, 6) is -1.01. The van der Waals surface area contributed by atoms with Crippen molar-refractivity contribution in [2.45, 2.75) is 4.90 Å². The minimum atomic E-state index is -4.02. The van der Waals surface area contributed by atoms with Gasteiger partial charge in [0.25, 0.3) is 0 Å². The molecule has 1 aromatic rings. The lowest BCUT2D eigenvalue weighted by Crippen LogP contribution is -2.29. The van der Waals surface area contributed by atoms with Gasteiger partial charge in [-0.05, 0) is 26.2 Å². The molecule has 0 aliphatic heterocycles. The number of likely N-dealkylation sites (N-methyl/N-ethyl adjacent to an activating group) is 1. The molecule has 0 saturated carbocycles. The van der Waals surface area contributed by atoms with Crippen molar-refractivity contribution in [1.29, 1.82) is 0 Å². The van der Waals surface area contributed by atoms with Crippen LogP contribution in [0.4, 0.5) is 10.1 Å². The van der Waals surface area contributed by atoms with Gasteiger partial charge in [0.1, 0.15) is 4.90 Å². The van der Waals surface area contributed by atoms with Crippen LogP contribution in [-0.2, 0) is 14.8 Å². The van der Waals surface area contributed by atoms with Crippen LogP contribution in [0.5, 0.6) is 0 Å². The molecule has 0 fully saturated rings. The number of sulfonamides is 1. The number of benzene rings is 1. The Hall–Kier alpha value is -0.930. The topological polar surface area (TPSA) is 84.7 Å². The van der Waals surface area contributed by atoms with E-state index < -0.39 is 20.7 Å². The number of hydrogen-bond acceptors (Lipinski definition) is 5. The molecular formula is C12H19ClFN3O3S. The molecule has 0 atom stereocenters. The van der Waals surface area contributed by atoms with E-state index in [1.807, 2.05) is 19.0 Å². The van der Waals surface area contributed by atoms with Crippen LogP contribution in [0.3, 0.4) is 0 Å². The fourth-order valence-corrected chi connectivity index (χ4v) is 2.89. The van der Waals surface area contributed by atoms with Gasteiger partial charge in [0.2, 0.25) is 10.0 Å². The van der Waals surface area contributed by atoms with Gasteiger partial charge in [0.15, 0.2) is 5.82 Å². The molecule has 6 nitrogen and oxygen atoms in total. The summed E-state index contributed by atoms with van der Waals surface area (Å²) in [7, 11) is -0.217. The van der Waals surface area contributed by atoms with E-state index in [2.05, 4.69) is 4.72 Å². The molecule has 0 aliphatic carbocycles. The highest BCUT2D eigenvalue weighted by molar-refractivity contribution is 7.89. The van der Waals surface area contributed by atoms with Gasteiger partial charge in [-0.2, -0.15) is 0 Å². The van der Waals surface area contributed by atoms with Crippen molar-refractivity contribution in [1.82, 2.24) is 9.62 Å². The second-order valence-electron chi connectivity index (χ2n) is 4.62. The summed E-state index contributed by atoms with van der Waals surface area (Å²) in [4.78, 5) is 1.37. The fraction of sp³-hybridized carbons (Fsp3) is 0.500. The van der Waals surface area contributed by atoms with Gasteiger partial charge in [-0.15, -0.1) is 0 Å². The minimum absolute atomic E-state index is 0.0294. The molecule has 0 amide bonds. The van der Waals surface area contributed by atoms with E-state index in [4.69, 9.17) is 22.1 Å². The molecular weight excluding hydrogens is 321 g/mol. The monoisotopic (exact) mass is 339 g/mol. The zero-order valence-electron chi connectivity index (χ0n) is 11.9. The van der Waals surface area contributed by atoms with E-state index in [0.717, 1.165) is 18.7 Å². The number of halogens is 2. The molecule has 0 radical (unpaired) electrons. The molecule has 0 aliphatic rings. The Labute approximate surface area is 129 Å². The van der Waals surface area contributed by atoms with Crippen molar-refractivity contribution in [2.75, 3.05) is 46.1 Å². The van der Waals surface area contributed by atoms with Crippen molar-refractivity contribution in [2.24, 2.45) is 0 Å². The molecule has 21 heavy (non-hydrogen) atoms. The largest absolute Gasteiger partial charge is 0.396 e. The number of anilines is 1. The van der Waals surface area contributed by atoms with Crippen LogP contribution >= 0.6 is 11.6 Å². The predicted octanol–water partition coefficient (Wildman–Crippen LogP) is 0.918. The highest BCUT2D eigenvalue weighted by Crippen LogP contribution is 2.24. The van der Waals surface area contributed by atoms with Crippen LogP contribution in [0, 0.1) is 5.82 Å². The lowest BCUT2D eigenvalue weighted by atomic mass is 10.3. The third kappa shape index (κ3) is 5.76. The summed E-state index contributed by atoms with van der Waals surface area (Å²) in [5.41, 5.74) is 5.05. The molecule has 0 spiro atoms. The van der Waals surface area contributed by atoms with E-state index in [9.17, 15) is 12.8 Å². The minimum Gasteiger partial charge on any atom is -0.396 e. The molecule has 3 N–H and O–H groups in total. The van der Waals surface area contributed by atoms with Crippen molar-refractivity contribution in [3.05, 3.63) is 23.0 Å². The normalized spacial score (nSPS) is 12.0. The molecule has 9 heteroatoms. The van der Waals surface area contributed by atoms with E-state index in [1.54, 1.807) is 0 Å². The maximum Gasteiger partial charge on any atom is 0.243 e. The molecule has 0 unspecified atom stereocenters. The van der Waals surface area contributed by atoms with Crippen molar-refractivity contribution in [3.8, 4) is 0 Å². The van der Waals surface area contributed by atoms with Crippen LogP contribution in [0.15, 0.2) is 17.0 Å². The van der Waals surface area contributed by atoms with Gasteiger partial charge < -0.3 is 15.4 Å². The summed E-state index contributed by atoms with van der Waals surface area (Å²) < 4.78 is 45.2. The van der Waals surface area contributed by atoms with E-state index in [-0.39, 0.29) is 23.9 Å². The average molecular weight is 340 g/mol. The van der Waals surface area contributed by atoms with Crippen molar-refractivity contribution >= 4 is 27.3 Å². The highest BCUT2D eigenvalue weighted by atomic mass is 35.5. The molecule has 0 saturated heterocycles. The second kappa shape index (κ2) is 7.90. The average Bonchev–Trinajstić information content (AvgIpc) is 2.37. The molecule has 0 aromatic heterocycles. The molecule has 1 aromatic carbocycles. The third-order valence-corrected chi connectivity index (χ3v) is 4.22. The molecule has 0 bridgehead atoms. The van der Waals surface area contributed by atoms with Gasteiger partial charge in [-0.3, -0.25) is 0 Å². The smallest absolute Gasteiger partial charge is 0.243 e. The first-order valence-corrected chi connectivity index (χ1v) is 8.07. The van der Waals surface area contributed by atoms with Crippen LogP contribution in [-0.4, -0.2) is 53.7 Å². The predicted molar refractivity (Wildman–Crippen MR) is 80.4 cm³/mol. The second-order valence-corrected chi connectivity index (χ2v) is 6.79. The summed E-state index contributed by atoms with van der Waals surface area (Å²) in [6.45, 7) is 1.42. The maximum atomic E-state index is 13.8. The highest BCUT2D eigenvalue weighted by Gasteiger charge is 2.21. The van der Waals surface area contributed by atoms with Gasteiger partial charge in [-0.1, -0.05) is 11.6 Å². The lowest BCUT2D eigenvalue weighted by molar-refractivity contribution is 0.122. The molecule has 120 valence electrons. The Balaban J connectivity index is 2.59. The Kier molecular flexibility index (Phi) is 6.82. The SMILES string of the molecule is CN(C)CCOCCNS(=O)(=O)c1cc(Cl)cc(N)c1F. The fourth-order valence-electron chi connectivity index (χ4n) is 1.46. The Morgan fingerprint density at radius 3 is 2.67 bits per heavy atom. The Bertz CT molecular complexity index is 581. The number of rotatable bonds is 8. The maximum absolute atomic E-state index is 13.8. The lowest BCUT2D eigenvalue weighted by Gasteiger charge is -2.11. The number of nitrogens with zero attached hydrogens (tertiary/aromatic N) is 1. The molecule has 0 heterocycles. The summed E-state index contributed by atoms with van der Waals surface area (Å²) in [6, 6.07) is 2.17. The quantitative estimate of drug-likeness (QED) is 0.543. The zero-order chi connectivity index (χ0) is 16.0. The van der Waals surface area contributed by atoms with E-state index >= 15 is 0 Å². The summed E-state index contributed by atoms with van der Waals surface area (Å²) in [5, 5.41) is 0.0523. The van der Waals surface area contributed by atoms with Crippen LogP contribution < -0.4 is 10.5 Å². The van der Waals surface area contributed by atoms with Gasteiger partial charge in [0.05, 0.1) is 18.9 Å². The first-order chi connectivity index (χ1) is 9.74. The zero-order valence-corrected chi connectivity index (χ0v) is 13.5. The van der Waals surface area contributed by atoms with E-state index in [1.165, 1.54) is 0 Å². The van der Waals surface area contributed by atoms with Gasteiger partial charge in [-0.25, -0.2) is 17.5 Å².